The molecule has 1 fully saturated rings. The molecule has 34 heavy (non-hydrogen) atoms. The van der Waals surface area contributed by atoms with Crippen molar-refractivity contribution in [2.24, 2.45) is 5.41 Å². The van der Waals surface area contributed by atoms with E-state index >= 15 is 0 Å². The van der Waals surface area contributed by atoms with Gasteiger partial charge in [-0.25, -0.2) is 4.79 Å². The van der Waals surface area contributed by atoms with E-state index in [2.05, 4.69) is 29.6 Å². The van der Waals surface area contributed by atoms with Crippen molar-refractivity contribution in [3.8, 4) is 11.1 Å². The first-order chi connectivity index (χ1) is 16.2. The average molecular weight is 465 g/mol. The maximum atomic E-state index is 12.9. The molecule has 0 spiro atoms. The van der Waals surface area contributed by atoms with Gasteiger partial charge < -0.3 is 20.1 Å². The Morgan fingerprint density at radius 1 is 1.09 bits per heavy atom. The van der Waals surface area contributed by atoms with E-state index < -0.39 is 23.0 Å². The zero-order valence-electron chi connectivity index (χ0n) is 20.0. The van der Waals surface area contributed by atoms with E-state index in [-0.39, 0.29) is 31.4 Å². The summed E-state index contributed by atoms with van der Waals surface area (Å²) in [4.78, 5) is 38.8. The Labute approximate surface area is 200 Å². The normalized spacial score (nSPS) is 19.4. The van der Waals surface area contributed by atoms with Crippen LogP contribution in [0.15, 0.2) is 48.5 Å². The Morgan fingerprint density at radius 3 is 2.21 bits per heavy atom. The van der Waals surface area contributed by atoms with Crippen molar-refractivity contribution in [3.05, 3.63) is 59.7 Å². The minimum Gasteiger partial charge on any atom is -0.481 e. The largest absolute Gasteiger partial charge is 0.481 e. The van der Waals surface area contributed by atoms with Crippen molar-refractivity contribution in [2.75, 3.05) is 19.7 Å². The molecule has 0 aromatic heterocycles. The number of carbonyl (C=O) groups is 3. The molecule has 1 unspecified atom stereocenters. The van der Waals surface area contributed by atoms with E-state index in [9.17, 15) is 19.5 Å². The molecule has 2 amide bonds. The molecule has 1 saturated heterocycles. The number of hydrogen-bond donors (Lipinski definition) is 2. The predicted octanol–water partition coefficient (Wildman–Crippen LogP) is 4.41. The van der Waals surface area contributed by atoms with Crippen LogP contribution in [-0.2, 0) is 14.3 Å². The van der Waals surface area contributed by atoms with Crippen LogP contribution < -0.4 is 5.32 Å². The number of nitrogens with zero attached hydrogens (tertiary/aromatic N) is 1. The molecule has 0 saturated carbocycles. The van der Waals surface area contributed by atoms with E-state index in [0.29, 0.717) is 19.4 Å². The standard InChI is InChI=1S/C27H32N2O5/c1-4-27(24(31)32)13-14-29(17-27)23(30)15-26(2,3)28-25(33)34-16-22-20-11-7-5-9-18(20)19-10-6-8-12-21(19)22/h5-12,22H,4,13-17H2,1-3H3,(H,28,33)(H,31,32). The Bertz CT molecular complexity index is 1070. The minimum atomic E-state index is -0.875. The van der Waals surface area contributed by atoms with E-state index in [1.54, 1.807) is 18.7 Å². The number of alkyl carbamates (subject to hydrolysis) is 1. The molecule has 1 heterocycles. The molecule has 180 valence electrons. The highest BCUT2D eigenvalue weighted by Crippen LogP contribution is 2.44. The van der Waals surface area contributed by atoms with Gasteiger partial charge in [-0.05, 0) is 48.9 Å². The molecule has 0 bridgehead atoms. The SMILES string of the molecule is CCC1(C(=O)O)CCN(C(=O)CC(C)(C)NC(=O)OCC2c3ccccc3-c3ccccc32)C1. The second-order valence-electron chi connectivity index (χ2n) is 10.0. The molecule has 4 rings (SSSR count). The molecule has 2 aromatic rings. The summed E-state index contributed by atoms with van der Waals surface area (Å²) in [6, 6.07) is 16.3. The van der Waals surface area contributed by atoms with Gasteiger partial charge in [0, 0.05) is 31.0 Å². The van der Waals surface area contributed by atoms with Gasteiger partial charge in [-0.1, -0.05) is 55.5 Å². The molecule has 1 aliphatic carbocycles. The van der Waals surface area contributed by atoms with Crippen LogP contribution >= 0.6 is 0 Å². The molecule has 2 aliphatic rings. The number of carbonyl (C=O) groups excluding carboxylic acids is 2. The number of carboxylic acid groups (broad SMARTS) is 1. The highest BCUT2D eigenvalue weighted by atomic mass is 16.5. The van der Waals surface area contributed by atoms with Gasteiger partial charge in [0.1, 0.15) is 6.61 Å². The van der Waals surface area contributed by atoms with Crippen molar-refractivity contribution < 1.29 is 24.2 Å². The van der Waals surface area contributed by atoms with Gasteiger partial charge in [-0.3, -0.25) is 9.59 Å². The van der Waals surface area contributed by atoms with Crippen LogP contribution in [0.1, 0.15) is 57.1 Å². The molecular weight excluding hydrogens is 432 g/mol. The average Bonchev–Trinajstić information content (AvgIpc) is 3.38. The van der Waals surface area contributed by atoms with E-state index in [1.807, 2.05) is 31.2 Å². The third-order valence-electron chi connectivity index (χ3n) is 7.21. The smallest absolute Gasteiger partial charge is 0.407 e. The summed E-state index contributed by atoms with van der Waals surface area (Å²) in [5, 5.41) is 12.4. The molecule has 2 aromatic carbocycles. The highest BCUT2D eigenvalue weighted by molar-refractivity contribution is 5.82. The number of aliphatic carboxylic acids is 1. The fourth-order valence-electron chi connectivity index (χ4n) is 5.14. The lowest BCUT2D eigenvalue weighted by Gasteiger charge is -2.29. The highest BCUT2D eigenvalue weighted by Gasteiger charge is 2.45. The predicted molar refractivity (Wildman–Crippen MR) is 128 cm³/mol. The number of likely N-dealkylation sites (tertiary alicyclic amines) is 1. The van der Waals surface area contributed by atoms with E-state index in [0.717, 1.165) is 22.3 Å². The molecule has 7 heteroatoms. The third kappa shape index (κ3) is 4.52. The Kier molecular flexibility index (Phi) is 6.39. The van der Waals surface area contributed by atoms with Crippen LogP contribution in [0.5, 0.6) is 0 Å². The molecule has 1 aliphatic heterocycles. The Hall–Kier alpha value is -3.35. The lowest BCUT2D eigenvalue weighted by molar-refractivity contribution is -0.148. The lowest BCUT2D eigenvalue weighted by atomic mass is 9.84. The Balaban J connectivity index is 1.34. The summed E-state index contributed by atoms with van der Waals surface area (Å²) in [6.07, 6.45) is 0.420. The van der Waals surface area contributed by atoms with Gasteiger partial charge in [-0.2, -0.15) is 0 Å². The summed E-state index contributed by atoms with van der Waals surface area (Å²) < 4.78 is 5.61. The van der Waals surface area contributed by atoms with Crippen LogP contribution in [0.3, 0.4) is 0 Å². The van der Waals surface area contributed by atoms with Crippen molar-refractivity contribution in [1.29, 1.82) is 0 Å². The lowest BCUT2D eigenvalue weighted by Crippen LogP contribution is -2.48. The first kappa shape index (κ1) is 23.8. The summed E-state index contributed by atoms with van der Waals surface area (Å²) >= 11 is 0. The monoisotopic (exact) mass is 464 g/mol. The first-order valence-electron chi connectivity index (χ1n) is 11.8. The molecular formula is C27H32N2O5. The number of rotatable bonds is 7. The number of ether oxygens (including phenoxy) is 1. The Morgan fingerprint density at radius 2 is 1.68 bits per heavy atom. The van der Waals surface area contributed by atoms with Crippen LogP contribution in [0.4, 0.5) is 4.79 Å². The maximum absolute atomic E-state index is 12.9. The topological polar surface area (TPSA) is 95.9 Å². The van der Waals surface area contributed by atoms with Gasteiger partial charge in [0.05, 0.1) is 5.41 Å². The maximum Gasteiger partial charge on any atom is 0.407 e. The number of hydrogen-bond acceptors (Lipinski definition) is 4. The summed E-state index contributed by atoms with van der Waals surface area (Å²) in [5.74, 6) is -1.06. The van der Waals surface area contributed by atoms with Crippen LogP contribution in [0, 0.1) is 5.41 Å². The summed E-state index contributed by atoms with van der Waals surface area (Å²) in [6.45, 7) is 6.20. The quantitative estimate of drug-likeness (QED) is 0.633. The van der Waals surface area contributed by atoms with Gasteiger partial charge in [0.15, 0.2) is 0 Å². The molecule has 0 radical (unpaired) electrons. The number of nitrogens with one attached hydrogen (secondary N) is 1. The van der Waals surface area contributed by atoms with E-state index in [4.69, 9.17) is 4.74 Å². The van der Waals surface area contributed by atoms with Gasteiger partial charge >= 0.3 is 12.1 Å². The van der Waals surface area contributed by atoms with Crippen molar-refractivity contribution in [1.82, 2.24) is 10.2 Å². The zero-order chi connectivity index (χ0) is 24.5. The van der Waals surface area contributed by atoms with Gasteiger partial charge in [0.2, 0.25) is 5.91 Å². The summed E-state index contributed by atoms with van der Waals surface area (Å²) in [7, 11) is 0. The number of amides is 2. The second-order valence-corrected chi connectivity index (χ2v) is 10.0. The third-order valence-corrected chi connectivity index (χ3v) is 7.21. The number of carboxylic acids is 1. The zero-order valence-corrected chi connectivity index (χ0v) is 20.0. The van der Waals surface area contributed by atoms with E-state index in [1.165, 1.54) is 0 Å². The fourth-order valence-corrected chi connectivity index (χ4v) is 5.14. The molecule has 7 nitrogen and oxygen atoms in total. The first-order valence-corrected chi connectivity index (χ1v) is 11.8. The minimum absolute atomic E-state index is 0.0364. The second kappa shape index (κ2) is 9.12. The molecule has 1 atom stereocenters. The van der Waals surface area contributed by atoms with Crippen LogP contribution in [-0.4, -0.2) is 53.2 Å². The van der Waals surface area contributed by atoms with Gasteiger partial charge in [0.25, 0.3) is 0 Å². The number of fused-ring (bicyclic) bond motifs is 3. The fraction of sp³-hybridized carbons (Fsp3) is 0.444. The van der Waals surface area contributed by atoms with Crippen molar-refractivity contribution in [2.45, 2.75) is 51.5 Å². The molecule has 2 N–H and O–H groups in total. The summed E-state index contributed by atoms with van der Waals surface area (Å²) in [5.41, 5.74) is 2.89. The van der Waals surface area contributed by atoms with Crippen molar-refractivity contribution >= 4 is 18.0 Å². The van der Waals surface area contributed by atoms with Crippen LogP contribution in [0.25, 0.3) is 11.1 Å². The number of benzene rings is 2. The van der Waals surface area contributed by atoms with Gasteiger partial charge in [-0.15, -0.1) is 0 Å². The van der Waals surface area contributed by atoms with Crippen LogP contribution in [0.2, 0.25) is 0 Å². The van der Waals surface area contributed by atoms with Crippen molar-refractivity contribution in [3.63, 3.8) is 0 Å².